The third-order valence-electron chi connectivity index (χ3n) is 4.49. The summed E-state index contributed by atoms with van der Waals surface area (Å²) in [6.07, 6.45) is 2.39. The van der Waals surface area contributed by atoms with Crippen LogP contribution in [0.2, 0.25) is 0 Å². The minimum Gasteiger partial charge on any atom is -0.372 e. The summed E-state index contributed by atoms with van der Waals surface area (Å²) >= 11 is 0. The predicted molar refractivity (Wildman–Crippen MR) is 87.1 cm³/mol. The third kappa shape index (κ3) is 2.54. The first kappa shape index (κ1) is 12.5. The molecule has 1 saturated heterocycles. The van der Waals surface area contributed by atoms with E-state index in [-0.39, 0.29) is 0 Å². The third-order valence-corrected chi connectivity index (χ3v) is 4.49. The van der Waals surface area contributed by atoms with Gasteiger partial charge in [-0.3, -0.25) is 0 Å². The molecule has 4 rings (SSSR count). The van der Waals surface area contributed by atoms with E-state index in [1.54, 1.807) is 5.57 Å². The number of hydrogen-bond donors (Lipinski definition) is 0. The highest BCUT2D eigenvalue weighted by atomic mass is 15.2. The second-order valence-corrected chi connectivity index (χ2v) is 6.03. The molecular weight excluding hydrogens is 256 g/mol. The lowest BCUT2D eigenvalue weighted by Gasteiger charge is -2.22. The van der Waals surface area contributed by atoms with Crippen LogP contribution < -0.4 is 4.90 Å². The van der Waals surface area contributed by atoms with Gasteiger partial charge in [0.25, 0.3) is 0 Å². The van der Waals surface area contributed by atoms with Gasteiger partial charge < -0.3 is 9.80 Å². The van der Waals surface area contributed by atoms with Crippen LogP contribution in [0, 0.1) is 5.92 Å². The average molecular weight is 276 g/mol. The van der Waals surface area contributed by atoms with Gasteiger partial charge >= 0.3 is 0 Å². The summed E-state index contributed by atoms with van der Waals surface area (Å²) in [5.41, 5.74) is 4.34. The van der Waals surface area contributed by atoms with Crippen LogP contribution in [0.25, 0.3) is 0 Å². The molecule has 0 N–H and O–H groups in total. The molecule has 2 aromatic carbocycles. The highest BCUT2D eigenvalue weighted by molar-refractivity contribution is 5.50. The number of anilines is 1. The van der Waals surface area contributed by atoms with E-state index >= 15 is 0 Å². The first-order chi connectivity index (χ1) is 10.4. The molecular formula is C19H20N2. The molecule has 2 heteroatoms. The molecule has 2 aliphatic heterocycles. The van der Waals surface area contributed by atoms with Crippen LogP contribution in [0.5, 0.6) is 0 Å². The van der Waals surface area contributed by atoms with Gasteiger partial charge in [0.2, 0.25) is 0 Å². The molecule has 2 aliphatic rings. The fourth-order valence-corrected chi connectivity index (χ4v) is 3.45. The molecule has 1 atom stereocenters. The number of nitrogens with zero attached hydrogens (tertiary/aromatic N) is 2. The summed E-state index contributed by atoms with van der Waals surface area (Å²) < 4.78 is 0. The van der Waals surface area contributed by atoms with Crippen LogP contribution in [-0.2, 0) is 6.54 Å². The van der Waals surface area contributed by atoms with E-state index in [1.807, 2.05) is 0 Å². The Labute approximate surface area is 126 Å². The van der Waals surface area contributed by atoms with Crippen molar-refractivity contribution in [3.05, 3.63) is 78.0 Å². The molecule has 1 fully saturated rings. The maximum absolute atomic E-state index is 2.50. The van der Waals surface area contributed by atoms with Crippen LogP contribution in [0.4, 0.5) is 5.69 Å². The molecule has 2 heterocycles. The van der Waals surface area contributed by atoms with E-state index in [9.17, 15) is 0 Å². The monoisotopic (exact) mass is 276 g/mol. The van der Waals surface area contributed by atoms with Crippen LogP contribution >= 0.6 is 0 Å². The standard InChI is InChI=1S/C19H20N2/c1-3-7-16(8-4-1)11-20-12-17-14-21(15-18(17)13-20)19-9-5-2-6-10-19/h1-10,12,18H,11,13-15H2. The quantitative estimate of drug-likeness (QED) is 0.846. The zero-order valence-electron chi connectivity index (χ0n) is 12.2. The number of hydrogen-bond acceptors (Lipinski definition) is 2. The van der Waals surface area contributed by atoms with E-state index in [0.717, 1.165) is 26.2 Å². The van der Waals surface area contributed by atoms with Crippen molar-refractivity contribution in [3.8, 4) is 0 Å². The lowest BCUT2D eigenvalue weighted by molar-refractivity contribution is 0.365. The molecule has 2 aromatic rings. The Bertz CT molecular complexity index is 633. The fraction of sp³-hybridized carbons (Fsp3) is 0.263. The van der Waals surface area contributed by atoms with E-state index < -0.39 is 0 Å². The summed E-state index contributed by atoms with van der Waals surface area (Å²) in [6, 6.07) is 21.5. The summed E-state index contributed by atoms with van der Waals surface area (Å²) in [5, 5.41) is 0. The normalized spacial score (nSPS) is 20.6. The van der Waals surface area contributed by atoms with Crippen LogP contribution in [0.1, 0.15) is 5.56 Å². The van der Waals surface area contributed by atoms with Crippen molar-refractivity contribution in [2.45, 2.75) is 6.54 Å². The summed E-state index contributed by atoms with van der Waals surface area (Å²) in [6.45, 7) is 4.43. The Kier molecular flexibility index (Phi) is 3.15. The van der Waals surface area contributed by atoms with Crippen molar-refractivity contribution in [2.75, 3.05) is 24.5 Å². The zero-order chi connectivity index (χ0) is 14.1. The van der Waals surface area contributed by atoms with Gasteiger partial charge in [-0.1, -0.05) is 48.5 Å². The van der Waals surface area contributed by atoms with Crippen molar-refractivity contribution < 1.29 is 0 Å². The maximum atomic E-state index is 2.50. The van der Waals surface area contributed by atoms with Crippen LogP contribution in [0.3, 0.4) is 0 Å². The van der Waals surface area contributed by atoms with Gasteiger partial charge in [0.15, 0.2) is 0 Å². The predicted octanol–water partition coefficient (Wildman–Crippen LogP) is 3.52. The van der Waals surface area contributed by atoms with Gasteiger partial charge in [-0.15, -0.1) is 0 Å². The van der Waals surface area contributed by atoms with Crippen molar-refractivity contribution in [2.24, 2.45) is 5.92 Å². The van der Waals surface area contributed by atoms with E-state index in [0.29, 0.717) is 5.92 Å². The molecule has 0 spiro atoms. The van der Waals surface area contributed by atoms with Crippen molar-refractivity contribution in [3.63, 3.8) is 0 Å². The smallest absolute Gasteiger partial charge is 0.0424 e. The number of rotatable bonds is 3. The van der Waals surface area contributed by atoms with Crippen molar-refractivity contribution >= 4 is 5.69 Å². The Hall–Kier alpha value is -2.22. The molecule has 21 heavy (non-hydrogen) atoms. The molecule has 2 nitrogen and oxygen atoms in total. The summed E-state index contributed by atoms with van der Waals surface area (Å²) in [7, 11) is 0. The van der Waals surface area contributed by atoms with Gasteiger partial charge in [0, 0.05) is 44.0 Å². The fourth-order valence-electron chi connectivity index (χ4n) is 3.45. The zero-order valence-corrected chi connectivity index (χ0v) is 12.2. The largest absolute Gasteiger partial charge is 0.372 e. The van der Waals surface area contributed by atoms with E-state index in [2.05, 4.69) is 76.7 Å². The molecule has 1 unspecified atom stereocenters. The first-order valence-electron chi connectivity index (χ1n) is 7.67. The Morgan fingerprint density at radius 1 is 0.857 bits per heavy atom. The Morgan fingerprint density at radius 3 is 2.29 bits per heavy atom. The second-order valence-electron chi connectivity index (χ2n) is 6.03. The van der Waals surface area contributed by atoms with Crippen molar-refractivity contribution in [1.29, 1.82) is 0 Å². The molecule has 0 saturated carbocycles. The molecule has 0 bridgehead atoms. The van der Waals surface area contributed by atoms with E-state index in [4.69, 9.17) is 0 Å². The van der Waals surface area contributed by atoms with Crippen LogP contribution in [-0.4, -0.2) is 24.5 Å². The second kappa shape index (κ2) is 5.28. The highest BCUT2D eigenvalue weighted by Crippen LogP contribution is 2.33. The van der Waals surface area contributed by atoms with E-state index in [1.165, 1.54) is 11.3 Å². The lowest BCUT2D eigenvalue weighted by Crippen LogP contribution is -2.25. The number of para-hydroxylation sites is 1. The highest BCUT2D eigenvalue weighted by Gasteiger charge is 2.33. The van der Waals surface area contributed by atoms with Gasteiger partial charge in [-0.05, 0) is 23.3 Å². The number of benzene rings is 2. The number of fused-ring (bicyclic) bond motifs is 1. The molecule has 0 aliphatic carbocycles. The minimum absolute atomic E-state index is 0.703. The molecule has 0 amide bonds. The summed E-state index contributed by atoms with van der Waals surface area (Å²) in [4.78, 5) is 4.97. The maximum Gasteiger partial charge on any atom is 0.0424 e. The molecule has 0 radical (unpaired) electrons. The summed E-state index contributed by atoms with van der Waals surface area (Å²) in [5.74, 6) is 0.703. The SMILES string of the molecule is C1=C2CN(c3ccccc3)CC2CN1Cc1ccccc1. The Balaban J connectivity index is 1.44. The average Bonchev–Trinajstić information content (AvgIpc) is 3.07. The first-order valence-corrected chi connectivity index (χ1v) is 7.67. The van der Waals surface area contributed by atoms with Gasteiger partial charge in [0.05, 0.1) is 0 Å². The van der Waals surface area contributed by atoms with Crippen molar-refractivity contribution in [1.82, 2.24) is 4.90 Å². The van der Waals surface area contributed by atoms with Gasteiger partial charge in [-0.2, -0.15) is 0 Å². The molecule has 106 valence electrons. The Morgan fingerprint density at radius 2 is 1.57 bits per heavy atom. The van der Waals surface area contributed by atoms with Gasteiger partial charge in [-0.25, -0.2) is 0 Å². The van der Waals surface area contributed by atoms with Crippen LogP contribution in [0.15, 0.2) is 72.4 Å². The molecule has 0 aromatic heterocycles. The topological polar surface area (TPSA) is 6.48 Å². The minimum atomic E-state index is 0.703. The lowest BCUT2D eigenvalue weighted by atomic mass is 10.1. The van der Waals surface area contributed by atoms with Gasteiger partial charge in [0.1, 0.15) is 0 Å².